The number of piperidine rings is 1. The number of likely N-dealkylation sites (tertiary alicyclic amines) is 1. The van der Waals surface area contributed by atoms with Crippen LogP contribution >= 0.6 is 11.6 Å². The Balaban J connectivity index is 1.42. The normalized spacial score (nSPS) is 19.1. The predicted molar refractivity (Wildman–Crippen MR) is 115 cm³/mol. The number of carbonyl (C=O) groups excluding carboxylic acids is 2. The van der Waals surface area contributed by atoms with Crippen LogP contribution in [0, 0.1) is 5.92 Å². The number of likely N-dealkylation sites (N-methyl/N-ethyl adjacent to an activating group) is 1. The van der Waals surface area contributed by atoms with E-state index < -0.39 is 10.0 Å². The van der Waals surface area contributed by atoms with E-state index in [9.17, 15) is 18.0 Å². The van der Waals surface area contributed by atoms with E-state index in [1.54, 1.807) is 17.0 Å². The van der Waals surface area contributed by atoms with Crippen LogP contribution in [0.1, 0.15) is 19.3 Å². The minimum Gasteiger partial charge on any atom is -0.343 e. The van der Waals surface area contributed by atoms with Crippen molar-refractivity contribution in [3.8, 4) is 0 Å². The molecule has 2 aliphatic rings. The fraction of sp³-hybridized carbons (Fsp3) is 0.600. The zero-order valence-corrected chi connectivity index (χ0v) is 18.8. The standard InChI is InChI=1S/C20H29ClN4O4S/c1-23-12-14-25(15-13-23)20(27)16-7-10-24(11-8-16)19(26)6-9-22-30(28,29)18-5-3-2-4-17(18)21/h2-5,16,22H,6-15H2,1H3. The summed E-state index contributed by atoms with van der Waals surface area (Å²) in [5.41, 5.74) is 0. The summed E-state index contributed by atoms with van der Waals surface area (Å²) in [5, 5.41) is 0.142. The van der Waals surface area contributed by atoms with Crippen LogP contribution in [0.25, 0.3) is 0 Å². The van der Waals surface area contributed by atoms with Crippen LogP contribution in [0.2, 0.25) is 5.02 Å². The quantitative estimate of drug-likeness (QED) is 0.690. The number of rotatable bonds is 6. The van der Waals surface area contributed by atoms with Gasteiger partial charge in [0.2, 0.25) is 21.8 Å². The zero-order valence-electron chi connectivity index (χ0n) is 17.2. The Morgan fingerprint density at radius 1 is 1.03 bits per heavy atom. The average molecular weight is 457 g/mol. The molecule has 0 saturated carbocycles. The van der Waals surface area contributed by atoms with E-state index in [4.69, 9.17) is 11.6 Å². The number of piperazine rings is 1. The first-order valence-electron chi connectivity index (χ1n) is 10.3. The SMILES string of the molecule is CN1CCN(C(=O)C2CCN(C(=O)CCNS(=O)(=O)c3ccccc3Cl)CC2)CC1. The molecule has 0 atom stereocenters. The monoisotopic (exact) mass is 456 g/mol. The average Bonchev–Trinajstić information content (AvgIpc) is 2.74. The molecule has 10 heteroatoms. The molecule has 2 aliphatic heterocycles. The van der Waals surface area contributed by atoms with Gasteiger partial charge in [-0.15, -0.1) is 0 Å². The van der Waals surface area contributed by atoms with Crippen LogP contribution in [0.15, 0.2) is 29.2 Å². The number of nitrogens with one attached hydrogen (secondary N) is 1. The van der Waals surface area contributed by atoms with Gasteiger partial charge in [-0.3, -0.25) is 9.59 Å². The van der Waals surface area contributed by atoms with Gasteiger partial charge in [-0.25, -0.2) is 13.1 Å². The van der Waals surface area contributed by atoms with Crippen molar-refractivity contribution < 1.29 is 18.0 Å². The molecule has 0 spiro atoms. The van der Waals surface area contributed by atoms with Crippen LogP contribution in [0.3, 0.4) is 0 Å². The molecule has 1 aromatic rings. The van der Waals surface area contributed by atoms with Gasteiger partial charge in [-0.1, -0.05) is 23.7 Å². The van der Waals surface area contributed by atoms with Gasteiger partial charge < -0.3 is 14.7 Å². The zero-order chi connectivity index (χ0) is 21.7. The van der Waals surface area contributed by atoms with Gasteiger partial charge in [0.15, 0.2) is 0 Å². The number of carbonyl (C=O) groups is 2. The summed E-state index contributed by atoms with van der Waals surface area (Å²) in [7, 11) is -1.70. The summed E-state index contributed by atoms with van der Waals surface area (Å²) < 4.78 is 27.1. The predicted octanol–water partition coefficient (Wildman–Crippen LogP) is 1.02. The summed E-state index contributed by atoms with van der Waals surface area (Å²) in [6.07, 6.45) is 1.38. The second kappa shape index (κ2) is 10.1. The molecule has 3 rings (SSSR count). The van der Waals surface area contributed by atoms with Crippen molar-refractivity contribution in [2.75, 3.05) is 52.9 Å². The van der Waals surface area contributed by atoms with E-state index in [1.165, 1.54) is 12.1 Å². The molecule has 30 heavy (non-hydrogen) atoms. The molecule has 2 amide bonds. The smallest absolute Gasteiger partial charge is 0.242 e. The molecule has 166 valence electrons. The lowest BCUT2D eigenvalue weighted by Gasteiger charge is -2.37. The fourth-order valence-corrected chi connectivity index (χ4v) is 5.40. The Bertz CT molecular complexity index is 863. The molecule has 2 saturated heterocycles. The van der Waals surface area contributed by atoms with Crippen molar-refractivity contribution in [1.82, 2.24) is 19.4 Å². The number of hydrogen-bond acceptors (Lipinski definition) is 5. The Labute approximate surface area is 183 Å². The third-order valence-corrected chi connectivity index (χ3v) is 7.73. The Morgan fingerprint density at radius 2 is 1.67 bits per heavy atom. The highest BCUT2D eigenvalue weighted by molar-refractivity contribution is 7.89. The molecule has 0 aliphatic carbocycles. The van der Waals surface area contributed by atoms with E-state index in [0.717, 1.165) is 26.2 Å². The van der Waals surface area contributed by atoms with Crippen molar-refractivity contribution in [2.24, 2.45) is 5.92 Å². The minimum absolute atomic E-state index is 0.00217. The number of amides is 2. The minimum atomic E-state index is -3.76. The van der Waals surface area contributed by atoms with Crippen LogP contribution in [0.5, 0.6) is 0 Å². The molecule has 0 radical (unpaired) electrons. The molecular weight excluding hydrogens is 428 g/mol. The molecule has 8 nitrogen and oxygen atoms in total. The van der Waals surface area contributed by atoms with Gasteiger partial charge in [-0.05, 0) is 32.0 Å². The third kappa shape index (κ3) is 5.72. The first-order chi connectivity index (χ1) is 14.3. The lowest BCUT2D eigenvalue weighted by Crippen LogP contribution is -2.51. The van der Waals surface area contributed by atoms with Gasteiger partial charge in [0, 0.05) is 58.2 Å². The van der Waals surface area contributed by atoms with Gasteiger partial charge in [0.05, 0.1) is 5.02 Å². The number of halogens is 1. The molecular formula is C20H29ClN4O4S. The molecule has 0 aromatic heterocycles. The summed E-state index contributed by atoms with van der Waals surface area (Å²) in [6.45, 7) is 4.38. The fourth-order valence-electron chi connectivity index (χ4n) is 3.85. The number of sulfonamides is 1. The maximum atomic E-state index is 12.7. The first kappa shape index (κ1) is 23.0. The number of hydrogen-bond donors (Lipinski definition) is 1. The van der Waals surface area contributed by atoms with Crippen LogP contribution in [0.4, 0.5) is 0 Å². The summed E-state index contributed by atoms with van der Waals surface area (Å²) >= 11 is 5.95. The van der Waals surface area contributed by atoms with Crippen molar-refractivity contribution in [2.45, 2.75) is 24.2 Å². The molecule has 0 bridgehead atoms. The van der Waals surface area contributed by atoms with Gasteiger partial charge in [0.25, 0.3) is 0 Å². The topological polar surface area (TPSA) is 90.0 Å². The molecule has 1 N–H and O–H groups in total. The Kier molecular flexibility index (Phi) is 7.73. The van der Waals surface area contributed by atoms with E-state index >= 15 is 0 Å². The maximum Gasteiger partial charge on any atom is 0.242 e. The second-order valence-electron chi connectivity index (χ2n) is 7.86. The van der Waals surface area contributed by atoms with Crippen LogP contribution < -0.4 is 4.72 Å². The van der Waals surface area contributed by atoms with E-state index in [-0.39, 0.29) is 40.6 Å². The second-order valence-corrected chi connectivity index (χ2v) is 10.0. The van der Waals surface area contributed by atoms with Gasteiger partial charge in [0.1, 0.15) is 4.90 Å². The molecule has 2 heterocycles. The molecule has 0 unspecified atom stereocenters. The largest absolute Gasteiger partial charge is 0.343 e. The Hall–Kier alpha value is -1.68. The van der Waals surface area contributed by atoms with Crippen LogP contribution in [-0.2, 0) is 19.6 Å². The summed E-state index contributed by atoms with van der Waals surface area (Å²) in [6, 6.07) is 6.19. The van der Waals surface area contributed by atoms with E-state index in [1.807, 2.05) is 4.90 Å². The van der Waals surface area contributed by atoms with Crippen molar-refractivity contribution in [3.05, 3.63) is 29.3 Å². The van der Waals surface area contributed by atoms with E-state index in [0.29, 0.717) is 25.9 Å². The number of benzene rings is 1. The highest BCUT2D eigenvalue weighted by Crippen LogP contribution is 2.22. The maximum absolute atomic E-state index is 12.7. The van der Waals surface area contributed by atoms with Crippen molar-refractivity contribution >= 4 is 33.4 Å². The van der Waals surface area contributed by atoms with Gasteiger partial charge in [-0.2, -0.15) is 0 Å². The number of nitrogens with zero attached hydrogens (tertiary/aromatic N) is 3. The lowest BCUT2D eigenvalue weighted by atomic mass is 9.94. The van der Waals surface area contributed by atoms with Crippen molar-refractivity contribution in [1.29, 1.82) is 0 Å². The first-order valence-corrected chi connectivity index (χ1v) is 12.1. The highest BCUT2D eigenvalue weighted by atomic mass is 35.5. The van der Waals surface area contributed by atoms with Crippen molar-refractivity contribution in [3.63, 3.8) is 0 Å². The summed E-state index contributed by atoms with van der Waals surface area (Å²) in [4.78, 5) is 31.0. The highest BCUT2D eigenvalue weighted by Gasteiger charge is 2.31. The third-order valence-electron chi connectivity index (χ3n) is 5.77. The molecule has 2 fully saturated rings. The van der Waals surface area contributed by atoms with Gasteiger partial charge >= 0.3 is 0 Å². The summed E-state index contributed by atoms with van der Waals surface area (Å²) in [5.74, 6) is 0.0567. The lowest BCUT2D eigenvalue weighted by molar-refractivity contribution is -0.141. The molecule has 1 aromatic carbocycles. The van der Waals surface area contributed by atoms with Crippen LogP contribution in [-0.4, -0.2) is 87.8 Å². The Morgan fingerprint density at radius 3 is 2.30 bits per heavy atom. The van der Waals surface area contributed by atoms with E-state index in [2.05, 4.69) is 16.7 Å².